The second-order valence-corrected chi connectivity index (χ2v) is 5.76. The number of hydrogen-bond acceptors (Lipinski definition) is 6. The molecule has 1 aliphatic heterocycles. The van der Waals surface area contributed by atoms with Gasteiger partial charge in [-0.3, -0.25) is 9.69 Å². The molecule has 1 heterocycles. The number of likely N-dealkylation sites (tertiary alicyclic amines) is 1. The molecule has 0 spiro atoms. The van der Waals surface area contributed by atoms with Gasteiger partial charge in [0, 0.05) is 6.54 Å². The van der Waals surface area contributed by atoms with Crippen LogP contribution in [0.25, 0.3) is 0 Å². The summed E-state index contributed by atoms with van der Waals surface area (Å²) in [5.41, 5.74) is 1.28. The zero-order valence-electron chi connectivity index (χ0n) is 15.0. The number of aliphatic carboxylic acids is 2. The normalized spacial score (nSPS) is 14.7. The first-order valence-electron chi connectivity index (χ1n) is 8.35. The number of piperidine rings is 1. The molecule has 144 valence electrons. The average Bonchev–Trinajstić information content (AvgIpc) is 2.63. The predicted octanol–water partition coefficient (Wildman–Crippen LogP) is 1.63. The summed E-state index contributed by atoms with van der Waals surface area (Å²) in [6.45, 7) is 5.17. The van der Waals surface area contributed by atoms with Gasteiger partial charge in [0.25, 0.3) is 0 Å². The summed E-state index contributed by atoms with van der Waals surface area (Å²) in [5.74, 6) is -2.71. The van der Waals surface area contributed by atoms with Crippen molar-refractivity contribution in [1.82, 2.24) is 4.90 Å². The molecule has 2 N–H and O–H groups in total. The van der Waals surface area contributed by atoms with Crippen molar-refractivity contribution < 1.29 is 34.1 Å². The smallest absolute Gasteiger partial charge is 0.414 e. The molecule has 1 fully saturated rings. The van der Waals surface area contributed by atoms with E-state index in [1.807, 2.05) is 19.1 Å². The third-order valence-electron chi connectivity index (χ3n) is 3.96. The van der Waals surface area contributed by atoms with Crippen molar-refractivity contribution in [2.24, 2.45) is 5.92 Å². The van der Waals surface area contributed by atoms with Gasteiger partial charge in [0.05, 0.1) is 19.6 Å². The van der Waals surface area contributed by atoms with Crippen LogP contribution in [-0.2, 0) is 25.7 Å². The molecule has 2 rings (SSSR count). The quantitative estimate of drug-likeness (QED) is 0.596. The molecule has 1 aromatic carbocycles. The summed E-state index contributed by atoms with van der Waals surface area (Å²) in [6, 6.07) is 8.16. The van der Waals surface area contributed by atoms with Gasteiger partial charge in [0.1, 0.15) is 5.75 Å². The lowest BCUT2D eigenvalue weighted by Gasteiger charge is -2.30. The van der Waals surface area contributed by atoms with Crippen molar-refractivity contribution >= 4 is 17.9 Å². The maximum atomic E-state index is 11.7. The minimum absolute atomic E-state index is 0.0309. The molecule has 0 amide bonds. The first-order chi connectivity index (χ1) is 12.4. The third-order valence-corrected chi connectivity index (χ3v) is 3.96. The van der Waals surface area contributed by atoms with Gasteiger partial charge in [-0.05, 0) is 50.6 Å². The van der Waals surface area contributed by atoms with Crippen LogP contribution in [0.4, 0.5) is 0 Å². The predicted molar refractivity (Wildman–Crippen MR) is 92.9 cm³/mol. The van der Waals surface area contributed by atoms with Crippen molar-refractivity contribution in [3.63, 3.8) is 0 Å². The molecule has 8 heteroatoms. The number of methoxy groups -OCH3 is 1. The van der Waals surface area contributed by atoms with Crippen LogP contribution >= 0.6 is 0 Å². The van der Waals surface area contributed by atoms with Crippen LogP contribution < -0.4 is 4.74 Å². The van der Waals surface area contributed by atoms with Crippen LogP contribution in [0.2, 0.25) is 0 Å². The van der Waals surface area contributed by atoms with Crippen LogP contribution in [0.5, 0.6) is 5.75 Å². The minimum atomic E-state index is -1.82. The van der Waals surface area contributed by atoms with E-state index in [0.717, 1.165) is 38.2 Å². The number of carboxylic acids is 2. The molecule has 1 aromatic rings. The van der Waals surface area contributed by atoms with Crippen LogP contribution in [0.15, 0.2) is 24.3 Å². The minimum Gasteiger partial charge on any atom is -0.497 e. The molecular formula is C18H25NO7. The first kappa shape index (κ1) is 21.4. The molecule has 26 heavy (non-hydrogen) atoms. The van der Waals surface area contributed by atoms with Crippen molar-refractivity contribution in [1.29, 1.82) is 0 Å². The summed E-state index contributed by atoms with van der Waals surface area (Å²) in [4.78, 5) is 32.3. The van der Waals surface area contributed by atoms with Gasteiger partial charge in [0.2, 0.25) is 0 Å². The van der Waals surface area contributed by atoms with Crippen LogP contribution in [0, 0.1) is 5.92 Å². The topological polar surface area (TPSA) is 113 Å². The number of hydrogen-bond donors (Lipinski definition) is 2. The maximum Gasteiger partial charge on any atom is 0.414 e. The molecule has 0 bridgehead atoms. The maximum absolute atomic E-state index is 11.7. The van der Waals surface area contributed by atoms with Crippen LogP contribution in [0.1, 0.15) is 25.3 Å². The summed E-state index contributed by atoms with van der Waals surface area (Å²) in [7, 11) is 1.68. The Labute approximate surface area is 152 Å². The van der Waals surface area contributed by atoms with Gasteiger partial charge in [-0.25, -0.2) is 9.59 Å². The molecule has 0 atom stereocenters. The van der Waals surface area contributed by atoms with Crippen LogP contribution in [0.3, 0.4) is 0 Å². The van der Waals surface area contributed by atoms with E-state index in [1.165, 1.54) is 5.56 Å². The van der Waals surface area contributed by atoms with E-state index in [-0.39, 0.29) is 11.9 Å². The summed E-state index contributed by atoms with van der Waals surface area (Å²) in [5, 5.41) is 14.8. The van der Waals surface area contributed by atoms with Crippen molar-refractivity contribution in [2.75, 3.05) is 26.8 Å². The highest BCUT2D eigenvalue weighted by Crippen LogP contribution is 2.21. The summed E-state index contributed by atoms with van der Waals surface area (Å²) >= 11 is 0. The summed E-state index contributed by atoms with van der Waals surface area (Å²) in [6.07, 6.45) is 1.80. The van der Waals surface area contributed by atoms with Crippen LogP contribution in [-0.4, -0.2) is 59.8 Å². The van der Waals surface area contributed by atoms with Crippen molar-refractivity contribution in [3.05, 3.63) is 29.8 Å². The number of esters is 1. The Bertz CT molecular complexity index is 580. The van der Waals surface area contributed by atoms with E-state index in [9.17, 15) is 4.79 Å². The van der Waals surface area contributed by atoms with E-state index in [1.54, 1.807) is 7.11 Å². The average molecular weight is 367 g/mol. The molecule has 0 unspecified atom stereocenters. The Hall–Kier alpha value is -2.61. The van der Waals surface area contributed by atoms with Gasteiger partial charge in [-0.1, -0.05) is 12.1 Å². The molecular weight excluding hydrogens is 342 g/mol. The Kier molecular flexibility index (Phi) is 9.14. The van der Waals surface area contributed by atoms with E-state index >= 15 is 0 Å². The fraction of sp³-hybridized carbons (Fsp3) is 0.500. The Morgan fingerprint density at radius 2 is 1.62 bits per heavy atom. The second kappa shape index (κ2) is 11.1. The lowest BCUT2D eigenvalue weighted by atomic mass is 9.96. The highest BCUT2D eigenvalue weighted by molar-refractivity contribution is 6.27. The number of nitrogens with zero attached hydrogens (tertiary/aromatic N) is 1. The van der Waals surface area contributed by atoms with E-state index in [4.69, 9.17) is 29.3 Å². The number of carbonyl (C=O) groups excluding carboxylic acids is 1. The number of carboxylic acid groups (broad SMARTS) is 2. The molecule has 0 radical (unpaired) electrons. The molecule has 0 saturated carbocycles. The Morgan fingerprint density at radius 3 is 2.04 bits per heavy atom. The monoisotopic (exact) mass is 367 g/mol. The molecule has 1 aliphatic rings. The highest BCUT2D eigenvalue weighted by Gasteiger charge is 2.25. The number of carbonyl (C=O) groups is 3. The second-order valence-electron chi connectivity index (χ2n) is 5.76. The molecule has 1 saturated heterocycles. The zero-order chi connectivity index (χ0) is 19.5. The van der Waals surface area contributed by atoms with Gasteiger partial charge in [-0.15, -0.1) is 0 Å². The number of rotatable bonds is 5. The Morgan fingerprint density at radius 1 is 1.08 bits per heavy atom. The molecule has 0 aliphatic carbocycles. The SMILES string of the molecule is CCOC(=O)C1CCN(Cc2ccc(OC)cc2)CC1.O=C(O)C(=O)O. The summed E-state index contributed by atoms with van der Waals surface area (Å²) < 4.78 is 10.2. The highest BCUT2D eigenvalue weighted by atomic mass is 16.5. The van der Waals surface area contributed by atoms with E-state index in [2.05, 4.69) is 17.0 Å². The van der Waals surface area contributed by atoms with Gasteiger partial charge in [-0.2, -0.15) is 0 Å². The number of ether oxygens (including phenoxy) is 2. The molecule has 0 aromatic heterocycles. The fourth-order valence-electron chi connectivity index (χ4n) is 2.58. The van der Waals surface area contributed by atoms with E-state index < -0.39 is 11.9 Å². The largest absolute Gasteiger partial charge is 0.497 e. The lowest BCUT2D eigenvalue weighted by Crippen LogP contribution is -2.36. The van der Waals surface area contributed by atoms with E-state index in [0.29, 0.717) is 6.61 Å². The third kappa shape index (κ3) is 7.52. The molecule has 8 nitrogen and oxygen atoms in total. The lowest BCUT2D eigenvalue weighted by molar-refractivity contribution is -0.159. The van der Waals surface area contributed by atoms with Crippen molar-refractivity contribution in [2.45, 2.75) is 26.3 Å². The Balaban J connectivity index is 0.000000487. The standard InChI is InChI=1S/C16H23NO3.C2H2O4/c1-3-20-16(18)14-8-10-17(11-9-14)12-13-4-6-15(19-2)7-5-13;3-1(4)2(5)6/h4-7,14H,3,8-12H2,1-2H3;(H,3,4)(H,5,6). The number of benzene rings is 1. The zero-order valence-corrected chi connectivity index (χ0v) is 15.0. The van der Waals surface area contributed by atoms with Gasteiger partial charge in [0.15, 0.2) is 0 Å². The first-order valence-corrected chi connectivity index (χ1v) is 8.35. The van der Waals surface area contributed by atoms with Crippen molar-refractivity contribution in [3.8, 4) is 5.75 Å². The van der Waals surface area contributed by atoms with Gasteiger partial charge >= 0.3 is 17.9 Å². The fourth-order valence-corrected chi connectivity index (χ4v) is 2.58. The van der Waals surface area contributed by atoms with Gasteiger partial charge < -0.3 is 19.7 Å².